The quantitative estimate of drug-likeness (QED) is 0.751. The van der Waals surface area contributed by atoms with E-state index >= 15 is 0 Å². The number of rotatable bonds is 2. The van der Waals surface area contributed by atoms with E-state index in [-0.39, 0.29) is 12.1 Å². The lowest BCUT2D eigenvalue weighted by Crippen LogP contribution is -2.13. The van der Waals surface area contributed by atoms with Gasteiger partial charge in [-0.3, -0.25) is 0 Å². The molecule has 3 N–H and O–H groups in total. The highest BCUT2D eigenvalue weighted by molar-refractivity contribution is 5.27. The van der Waals surface area contributed by atoms with Crippen LogP contribution in [0.25, 0.3) is 0 Å². The third-order valence-electron chi connectivity index (χ3n) is 1.91. The molecule has 0 aliphatic rings. The number of aliphatic hydroxyl groups is 1. The second kappa shape index (κ2) is 4.16. The molecule has 0 amide bonds. The molecule has 0 unspecified atom stereocenters. The Kier molecular flexibility index (Phi) is 3.31. The van der Waals surface area contributed by atoms with Crippen LogP contribution in [0.2, 0.25) is 0 Å². The lowest BCUT2D eigenvalue weighted by molar-refractivity contribution is -0.140. The van der Waals surface area contributed by atoms with Crippen LogP contribution >= 0.6 is 0 Å². The van der Waals surface area contributed by atoms with Crippen LogP contribution < -0.4 is 5.73 Å². The molecule has 0 saturated carbocycles. The lowest BCUT2D eigenvalue weighted by Gasteiger charge is -2.11. The number of aliphatic hydroxyl groups excluding tert-OH is 1. The Hall–Kier alpha value is -1.14. The van der Waals surface area contributed by atoms with Crippen molar-refractivity contribution in [3.05, 3.63) is 35.1 Å². The summed E-state index contributed by atoms with van der Waals surface area (Å²) in [5.74, 6) is -1.41. The van der Waals surface area contributed by atoms with Crippen molar-refractivity contribution in [1.29, 1.82) is 0 Å². The fourth-order valence-corrected chi connectivity index (χ4v) is 1.10. The predicted molar refractivity (Wildman–Crippen MR) is 45.4 cm³/mol. The summed E-state index contributed by atoms with van der Waals surface area (Å²) in [7, 11) is 0. The van der Waals surface area contributed by atoms with E-state index in [9.17, 15) is 22.7 Å². The van der Waals surface area contributed by atoms with Gasteiger partial charge in [0.15, 0.2) is 0 Å². The zero-order valence-corrected chi connectivity index (χ0v) is 7.55. The van der Waals surface area contributed by atoms with Crippen molar-refractivity contribution in [2.75, 3.05) is 6.54 Å². The average molecular weight is 223 g/mol. The van der Waals surface area contributed by atoms with Crippen LogP contribution in [-0.4, -0.2) is 11.7 Å². The minimum Gasteiger partial charge on any atom is -0.387 e. The third kappa shape index (κ3) is 2.66. The molecule has 0 saturated heterocycles. The first-order valence-electron chi connectivity index (χ1n) is 4.11. The van der Waals surface area contributed by atoms with Crippen molar-refractivity contribution >= 4 is 0 Å². The second-order valence-corrected chi connectivity index (χ2v) is 2.99. The van der Waals surface area contributed by atoms with E-state index in [0.29, 0.717) is 12.1 Å². The maximum Gasteiger partial charge on any atom is 0.419 e. The maximum atomic E-state index is 13.0. The normalized spacial score (nSPS) is 14.0. The van der Waals surface area contributed by atoms with Gasteiger partial charge in [0.05, 0.1) is 11.7 Å². The monoisotopic (exact) mass is 223 g/mol. The smallest absolute Gasteiger partial charge is 0.387 e. The van der Waals surface area contributed by atoms with Gasteiger partial charge in [-0.05, 0) is 17.7 Å². The van der Waals surface area contributed by atoms with Gasteiger partial charge in [0.25, 0.3) is 0 Å². The molecule has 0 radical (unpaired) electrons. The van der Waals surface area contributed by atoms with Crippen LogP contribution in [-0.2, 0) is 6.18 Å². The second-order valence-electron chi connectivity index (χ2n) is 2.99. The fourth-order valence-electron chi connectivity index (χ4n) is 1.10. The first-order chi connectivity index (χ1) is 6.86. The highest BCUT2D eigenvalue weighted by Gasteiger charge is 2.34. The molecule has 2 nitrogen and oxygen atoms in total. The zero-order valence-electron chi connectivity index (χ0n) is 7.55. The molecule has 0 fully saturated rings. The average Bonchev–Trinajstić information content (AvgIpc) is 2.14. The molecule has 1 rings (SSSR count). The lowest BCUT2D eigenvalue weighted by atomic mass is 10.1. The number of hydrogen-bond donors (Lipinski definition) is 2. The van der Waals surface area contributed by atoms with E-state index in [1.807, 2.05) is 0 Å². The SMILES string of the molecule is NC[C@H](O)c1ccc(C(F)(F)F)c(F)c1. The molecule has 15 heavy (non-hydrogen) atoms. The maximum absolute atomic E-state index is 13.0. The number of benzene rings is 1. The summed E-state index contributed by atoms with van der Waals surface area (Å²) in [6.45, 7) is -0.176. The molecule has 0 spiro atoms. The van der Waals surface area contributed by atoms with Gasteiger partial charge in [-0.15, -0.1) is 0 Å². The first kappa shape index (κ1) is 11.9. The van der Waals surface area contributed by atoms with Gasteiger partial charge in [0, 0.05) is 6.54 Å². The van der Waals surface area contributed by atoms with Crippen LogP contribution in [0.1, 0.15) is 17.2 Å². The molecule has 6 heteroatoms. The number of nitrogens with two attached hydrogens (primary N) is 1. The minimum atomic E-state index is -4.73. The van der Waals surface area contributed by atoms with Crippen LogP contribution in [0.15, 0.2) is 18.2 Å². The van der Waals surface area contributed by atoms with Gasteiger partial charge in [-0.2, -0.15) is 13.2 Å². The van der Waals surface area contributed by atoms with Gasteiger partial charge in [-0.25, -0.2) is 4.39 Å². The summed E-state index contributed by atoms with van der Waals surface area (Å²) in [6, 6.07) is 2.23. The summed E-state index contributed by atoms with van der Waals surface area (Å²) < 4.78 is 49.4. The molecule has 1 atom stereocenters. The minimum absolute atomic E-state index is 0.0306. The van der Waals surface area contributed by atoms with Crippen molar-refractivity contribution < 1.29 is 22.7 Å². The van der Waals surface area contributed by atoms with Crippen molar-refractivity contribution in [2.45, 2.75) is 12.3 Å². The predicted octanol–water partition coefficient (Wildman–Crippen LogP) is 1.84. The fraction of sp³-hybridized carbons (Fsp3) is 0.333. The summed E-state index contributed by atoms with van der Waals surface area (Å²) in [5, 5.41) is 9.17. The molecule has 0 aliphatic carbocycles. The van der Waals surface area contributed by atoms with Gasteiger partial charge >= 0.3 is 6.18 Å². The number of alkyl halides is 3. The molecule has 1 aromatic carbocycles. The van der Waals surface area contributed by atoms with Gasteiger partial charge in [-0.1, -0.05) is 6.07 Å². The van der Waals surface area contributed by atoms with Crippen LogP contribution in [0.3, 0.4) is 0 Å². The van der Waals surface area contributed by atoms with Gasteiger partial charge < -0.3 is 10.8 Å². The van der Waals surface area contributed by atoms with Crippen molar-refractivity contribution in [1.82, 2.24) is 0 Å². The summed E-state index contributed by atoms with van der Waals surface area (Å²) in [5.41, 5.74) is 3.76. The van der Waals surface area contributed by atoms with Crippen LogP contribution in [0.5, 0.6) is 0 Å². The van der Waals surface area contributed by atoms with Crippen molar-refractivity contribution in [2.24, 2.45) is 5.73 Å². The summed E-state index contributed by atoms with van der Waals surface area (Å²) >= 11 is 0. The number of hydrogen-bond acceptors (Lipinski definition) is 2. The van der Waals surface area contributed by atoms with E-state index < -0.39 is 23.7 Å². The van der Waals surface area contributed by atoms with Gasteiger partial charge in [0.2, 0.25) is 0 Å². The Morgan fingerprint density at radius 3 is 2.33 bits per heavy atom. The van der Waals surface area contributed by atoms with Crippen LogP contribution in [0, 0.1) is 5.82 Å². The van der Waals surface area contributed by atoms with E-state index in [1.54, 1.807) is 0 Å². The highest BCUT2D eigenvalue weighted by Crippen LogP contribution is 2.32. The largest absolute Gasteiger partial charge is 0.419 e. The Bertz CT molecular complexity index is 350. The Morgan fingerprint density at radius 1 is 1.33 bits per heavy atom. The standard InChI is InChI=1S/C9H9F4NO/c10-7-3-5(8(15)4-14)1-2-6(7)9(11,12)13/h1-3,8,15H,4,14H2/t8-/m0/s1. The molecule has 0 bridgehead atoms. The first-order valence-corrected chi connectivity index (χ1v) is 4.11. The van der Waals surface area contributed by atoms with E-state index in [1.165, 1.54) is 0 Å². The molecular weight excluding hydrogens is 214 g/mol. The topological polar surface area (TPSA) is 46.2 Å². The van der Waals surface area contributed by atoms with Crippen molar-refractivity contribution in [3.63, 3.8) is 0 Å². The molecule has 0 heterocycles. The Morgan fingerprint density at radius 2 is 1.93 bits per heavy atom. The Balaban J connectivity index is 3.09. The van der Waals surface area contributed by atoms with Gasteiger partial charge in [0.1, 0.15) is 5.82 Å². The van der Waals surface area contributed by atoms with E-state index in [2.05, 4.69) is 0 Å². The molecule has 0 aromatic heterocycles. The highest BCUT2D eigenvalue weighted by atomic mass is 19.4. The van der Waals surface area contributed by atoms with Crippen molar-refractivity contribution in [3.8, 4) is 0 Å². The van der Waals surface area contributed by atoms with Crippen LogP contribution in [0.4, 0.5) is 17.6 Å². The van der Waals surface area contributed by atoms with E-state index in [0.717, 1.165) is 6.07 Å². The van der Waals surface area contributed by atoms with E-state index in [4.69, 9.17) is 5.73 Å². The molecular formula is C9H9F4NO. The Labute approximate surface area is 83.3 Å². The molecule has 84 valence electrons. The third-order valence-corrected chi connectivity index (χ3v) is 1.91. The zero-order chi connectivity index (χ0) is 11.6. The summed E-state index contributed by atoms with van der Waals surface area (Å²) in [4.78, 5) is 0. The number of halogens is 4. The summed E-state index contributed by atoms with van der Waals surface area (Å²) in [6.07, 6.45) is -5.88. The molecule has 1 aromatic rings. The molecule has 0 aliphatic heterocycles.